The van der Waals surface area contributed by atoms with Crippen molar-refractivity contribution in [1.29, 1.82) is 0 Å². The molecule has 0 fully saturated rings. The number of nitrogens with one attached hydrogen (secondary N) is 1. The monoisotopic (exact) mass is 568 g/mol. The van der Waals surface area contributed by atoms with Crippen LogP contribution < -0.4 is 10.1 Å². The third-order valence-electron chi connectivity index (χ3n) is 5.14. The van der Waals surface area contributed by atoms with E-state index in [0.29, 0.717) is 13.1 Å². The van der Waals surface area contributed by atoms with Gasteiger partial charge in [0.05, 0.1) is 7.11 Å². The van der Waals surface area contributed by atoms with Crippen LogP contribution in [-0.4, -0.2) is 46.3 Å². The Balaban J connectivity index is 0.00000363. The highest BCUT2D eigenvalue weighted by Crippen LogP contribution is 2.17. The Hall–Kier alpha value is -2.33. The molecule has 172 valence electrons. The zero-order valence-corrected chi connectivity index (χ0v) is 22.0. The molecule has 0 spiro atoms. The maximum absolute atomic E-state index is 6.36. The van der Waals surface area contributed by atoms with Gasteiger partial charge in [-0.3, -0.25) is 0 Å². The zero-order valence-electron chi connectivity index (χ0n) is 18.9. The van der Waals surface area contributed by atoms with E-state index in [4.69, 9.17) is 21.3 Å². The van der Waals surface area contributed by atoms with E-state index >= 15 is 0 Å². The Bertz CT molecular complexity index is 1020. The lowest BCUT2D eigenvalue weighted by Crippen LogP contribution is -2.39. The van der Waals surface area contributed by atoms with Crippen molar-refractivity contribution in [3.05, 3.63) is 76.3 Å². The van der Waals surface area contributed by atoms with Crippen LogP contribution in [-0.2, 0) is 26.6 Å². The van der Waals surface area contributed by atoms with E-state index < -0.39 is 0 Å². The summed E-state index contributed by atoms with van der Waals surface area (Å²) in [4.78, 5) is 6.87. The lowest BCUT2D eigenvalue weighted by molar-refractivity contribution is 0.414. The molecular weight excluding hydrogens is 539 g/mol. The molecule has 3 rings (SSSR count). The summed E-state index contributed by atoms with van der Waals surface area (Å²) in [6.07, 6.45) is 0.867. The summed E-state index contributed by atoms with van der Waals surface area (Å²) in [6, 6.07) is 16.0. The standard InChI is InChI=1S/C23H29ClN6O.HI/c1-17-27-28-22(30(17)3)15-26-23(29(2)16-19-7-5-6-8-21(19)24)25-14-13-18-9-11-20(31-4)12-10-18;/h5-12H,13-16H2,1-4H3,(H,25,26);1H. The first-order valence-corrected chi connectivity index (χ1v) is 10.6. The van der Waals surface area contributed by atoms with Crippen molar-refractivity contribution in [3.63, 3.8) is 0 Å². The summed E-state index contributed by atoms with van der Waals surface area (Å²) in [5.74, 6) is 3.33. The number of methoxy groups -OCH3 is 1. The smallest absolute Gasteiger partial charge is 0.194 e. The molecule has 9 heteroatoms. The molecule has 32 heavy (non-hydrogen) atoms. The van der Waals surface area contributed by atoms with Crippen LogP contribution in [0, 0.1) is 6.92 Å². The van der Waals surface area contributed by atoms with Gasteiger partial charge in [0, 0.05) is 32.2 Å². The van der Waals surface area contributed by atoms with Gasteiger partial charge in [0.1, 0.15) is 18.1 Å². The minimum absolute atomic E-state index is 0. The molecular formula is C23H30ClIN6O. The number of hydrogen-bond acceptors (Lipinski definition) is 4. The molecule has 0 aliphatic carbocycles. The fraction of sp³-hybridized carbons (Fsp3) is 0.348. The third-order valence-corrected chi connectivity index (χ3v) is 5.50. The highest BCUT2D eigenvalue weighted by molar-refractivity contribution is 14.0. The summed E-state index contributed by atoms with van der Waals surface area (Å²) >= 11 is 6.36. The van der Waals surface area contributed by atoms with E-state index in [2.05, 4.69) is 32.5 Å². The molecule has 0 aliphatic rings. The topological polar surface area (TPSA) is 67.6 Å². The van der Waals surface area contributed by atoms with Crippen molar-refractivity contribution < 1.29 is 4.74 Å². The van der Waals surface area contributed by atoms with Crippen LogP contribution in [0.2, 0.25) is 5.02 Å². The summed E-state index contributed by atoms with van der Waals surface area (Å²) in [6.45, 7) is 3.76. The van der Waals surface area contributed by atoms with Gasteiger partial charge in [-0.2, -0.15) is 0 Å². The van der Waals surface area contributed by atoms with E-state index in [1.807, 2.05) is 62.0 Å². The Morgan fingerprint density at radius 1 is 1.16 bits per heavy atom. The van der Waals surface area contributed by atoms with Gasteiger partial charge in [-0.25, -0.2) is 4.99 Å². The second-order valence-electron chi connectivity index (χ2n) is 7.33. The molecule has 0 unspecified atom stereocenters. The van der Waals surface area contributed by atoms with Crippen molar-refractivity contribution in [2.24, 2.45) is 12.0 Å². The first kappa shape index (κ1) is 25.9. The van der Waals surface area contributed by atoms with Gasteiger partial charge in [0.2, 0.25) is 0 Å². The number of aliphatic imine (C=N–C) groups is 1. The minimum Gasteiger partial charge on any atom is -0.497 e. The number of aromatic nitrogens is 3. The van der Waals surface area contributed by atoms with Crippen molar-refractivity contribution >= 4 is 41.5 Å². The Labute approximate surface area is 211 Å². The number of nitrogens with zero attached hydrogens (tertiary/aromatic N) is 5. The number of rotatable bonds is 8. The Morgan fingerprint density at radius 3 is 2.50 bits per heavy atom. The second kappa shape index (κ2) is 12.6. The van der Waals surface area contributed by atoms with Gasteiger partial charge < -0.3 is 19.5 Å². The summed E-state index contributed by atoms with van der Waals surface area (Å²) < 4.78 is 7.18. The number of halogens is 2. The van der Waals surface area contributed by atoms with Crippen LogP contribution in [0.4, 0.5) is 0 Å². The first-order chi connectivity index (χ1) is 15.0. The molecule has 3 aromatic rings. The number of ether oxygens (including phenoxy) is 1. The van der Waals surface area contributed by atoms with Crippen molar-refractivity contribution in [2.75, 3.05) is 20.7 Å². The summed E-state index contributed by atoms with van der Waals surface area (Å²) in [7, 11) is 5.63. The molecule has 1 aromatic heterocycles. The molecule has 0 bridgehead atoms. The molecule has 0 saturated heterocycles. The molecule has 2 aromatic carbocycles. The predicted octanol–water partition coefficient (Wildman–Crippen LogP) is 4.22. The Kier molecular flexibility index (Phi) is 10.2. The molecule has 7 nitrogen and oxygen atoms in total. The van der Waals surface area contributed by atoms with Gasteiger partial charge in [-0.15, -0.1) is 34.2 Å². The van der Waals surface area contributed by atoms with E-state index in [1.165, 1.54) is 5.56 Å². The second-order valence-corrected chi connectivity index (χ2v) is 7.74. The maximum Gasteiger partial charge on any atom is 0.194 e. The van der Waals surface area contributed by atoms with Crippen molar-refractivity contribution in [2.45, 2.75) is 26.4 Å². The van der Waals surface area contributed by atoms with Crippen LogP contribution in [0.1, 0.15) is 22.8 Å². The van der Waals surface area contributed by atoms with E-state index in [0.717, 1.165) is 46.9 Å². The molecule has 1 N–H and O–H groups in total. The van der Waals surface area contributed by atoms with Crippen LogP contribution in [0.25, 0.3) is 0 Å². The molecule has 0 amide bonds. The van der Waals surface area contributed by atoms with Crippen LogP contribution in [0.3, 0.4) is 0 Å². The van der Waals surface area contributed by atoms with Gasteiger partial charge in [-0.1, -0.05) is 41.9 Å². The average Bonchev–Trinajstić information content (AvgIpc) is 3.10. The van der Waals surface area contributed by atoms with Crippen LogP contribution in [0.15, 0.2) is 53.5 Å². The summed E-state index contributed by atoms with van der Waals surface area (Å²) in [5, 5.41) is 12.6. The fourth-order valence-electron chi connectivity index (χ4n) is 3.11. The maximum atomic E-state index is 6.36. The molecule has 1 heterocycles. The Morgan fingerprint density at radius 2 is 1.88 bits per heavy atom. The van der Waals surface area contributed by atoms with E-state index in [1.54, 1.807) is 7.11 Å². The van der Waals surface area contributed by atoms with Gasteiger partial charge >= 0.3 is 0 Å². The quantitative estimate of drug-likeness (QED) is 0.250. The first-order valence-electron chi connectivity index (χ1n) is 10.2. The number of benzene rings is 2. The molecule has 0 saturated carbocycles. The zero-order chi connectivity index (χ0) is 22.2. The minimum atomic E-state index is 0. The fourth-order valence-corrected chi connectivity index (χ4v) is 3.31. The lowest BCUT2D eigenvalue weighted by atomic mass is 10.1. The normalized spacial score (nSPS) is 11.1. The van der Waals surface area contributed by atoms with Gasteiger partial charge in [0.15, 0.2) is 11.8 Å². The predicted molar refractivity (Wildman–Crippen MR) is 140 cm³/mol. The molecule has 0 atom stereocenters. The van der Waals surface area contributed by atoms with Gasteiger partial charge in [-0.05, 0) is 42.7 Å². The van der Waals surface area contributed by atoms with Gasteiger partial charge in [0.25, 0.3) is 0 Å². The van der Waals surface area contributed by atoms with Crippen LogP contribution >= 0.6 is 35.6 Å². The molecule has 0 aliphatic heterocycles. The molecule has 0 radical (unpaired) electrons. The average molecular weight is 569 g/mol. The number of aryl methyl sites for hydroxylation is 1. The number of guanidine groups is 1. The van der Waals surface area contributed by atoms with E-state index in [9.17, 15) is 0 Å². The highest BCUT2D eigenvalue weighted by Gasteiger charge is 2.11. The lowest BCUT2D eigenvalue weighted by Gasteiger charge is -2.23. The summed E-state index contributed by atoms with van der Waals surface area (Å²) in [5.41, 5.74) is 2.27. The SMILES string of the molecule is COc1ccc(CCNC(=NCc2nnc(C)n2C)N(C)Cc2ccccc2Cl)cc1.I. The van der Waals surface area contributed by atoms with Crippen molar-refractivity contribution in [1.82, 2.24) is 25.0 Å². The highest BCUT2D eigenvalue weighted by atomic mass is 127. The number of hydrogen-bond donors (Lipinski definition) is 1. The van der Waals surface area contributed by atoms with E-state index in [-0.39, 0.29) is 24.0 Å². The van der Waals surface area contributed by atoms with Crippen molar-refractivity contribution in [3.8, 4) is 5.75 Å². The van der Waals surface area contributed by atoms with Crippen LogP contribution in [0.5, 0.6) is 5.75 Å². The largest absolute Gasteiger partial charge is 0.497 e. The third kappa shape index (κ3) is 7.09.